The fourth-order valence-electron chi connectivity index (χ4n) is 2.91. The summed E-state index contributed by atoms with van der Waals surface area (Å²) in [6.45, 7) is 0. The highest BCUT2D eigenvalue weighted by Crippen LogP contribution is 2.24. The number of nitrogens with zero attached hydrogens (tertiary/aromatic N) is 4. The van der Waals surface area contributed by atoms with Gasteiger partial charge in [-0.3, -0.25) is 10.1 Å². The Morgan fingerprint density at radius 3 is 2.07 bits per heavy atom. The summed E-state index contributed by atoms with van der Waals surface area (Å²) >= 11 is 5.53. The minimum absolute atomic E-state index is 0.0365. The minimum Gasteiger partial charge on any atom is -0.702 e. The van der Waals surface area contributed by atoms with E-state index < -0.39 is 4.92 Å². The van der Waals surface area contributed by atoms with Crippen LogP contribution in [-0.4, -0.2) is 14.7 Å². The van der Waals surface area contributed by atoms with Gasteiger partial charge in [0.25, 0.3) is 11.5 Å². The Morgan fingerprint density at radius 1 is 0.889 bits per heavy atom. The molecule has 0 bridgehead atoms. The lowest BCUT2D eigenvalue weighted by Gasteiger charge is -2.07. The summed E-state index contributed by atoms with van der Waals surface area (Å²) in [5, 5.41) is 15.9. The van der Waals surface area contributed by atoms with E-state index in [-0.39, 0.29) is 5.69 Å². The Balaban J connectivity index is 1.98. The second kappa shape index (κ2) is 6.97. The molecule has 0 spiro atoms. The van der Waals surface area contributed by atoms with Crippen LogP contribution in [0.2, 0.25) is 0 Å². The number of nitro groups is 1. The number of benzene rings is 3. The van der Waals surface area contributed by atoms with Crippen molar-refractivity contribution in [2.45, 2.75) is 5.16 Å². The van der Waals surface area contributed by atoms with E-state index in [0.29, 0.717) is 5.16 Å². The van der Waals surface area contributed by atoms with Gasteiger partial charge in [0, 0.05) is 17.2 Å². The van der Waals surface area contributed by atoms with Crippen LogP contribution in [0.4, 0.5) is 5.69 Å². The molecule has 1 heterocycles. The van der Waals surface area contributed by atoms with Crippen molar-refractivity contribution in [3.8, 4) is 22.8 Å². The Labute approximate surface area is 160 Å². The first-order valence-corrected chi connectivity index (χ1v) is 8.64. The molecule has 0 saturated carbocycles. The monoisotopic (exact) mass is 377 g/mol. The van der Waals surface area contributed by atoms with Crippen molar-refractivity contribution in [3.05, 3.63) is 95.0 Å². The van der Waals surface area contributed by atoms with E-state index in [2.05, 4.69) is 5.10 Å². The Hall–Kier alpha value is -3.58. The lowest BCUT2D eigenvalue weighted by Crippen LogP contribution is -2.34. The zero-order valence-corrected chi connectivity index (χ0v) is 14.9. The highest BCUT2D eigenvalue weighted by molar-refractivity contribution is 7.58. The van der Waals surface area contributed by atoms with Crippen molar-refractivity contribution in [2.75, 3.05) is 0 Å². The third kappa shape index (κ3) is 3.16. The maximum Gasteiger partial charge on any atom is 0.277 e. The van der Waals surface area contributed by atoms with Gasteiger partial charge in [0.05, 0.1) is 10.5 Å². The van der Waals surface area contributed by atoms with Crippen LogP contribution in [0, 0.1) is 10.1 Å². The Kier molecular flexibility index (Phi) is 4.35. The summed E-state index contributed by atoms with van der Waals surface area (Å²) in [6.07, 6.45) is 0. The van der Waals surface area contributed by atoms with Gasteiger partial charge >= 0.3 is 0 Å². The largest absolute Gasteiger partial charge is 0.702 e. The van der Waals surface area contributed by atoms with Gasteiger partial charge < -0.3 is 12.6 Å². The molecule has 0 unspecified atom stereocenters. The maximum atomic E-state index is 11.0. The van der Waals surface area contributed by atoms with Gasteiger partial charge in [-0.1, -0.05) is 41.1 Å². The van der Waals surface area contributed by atoms with E-state index in [1.165, 1.54) is 12.1 Å². The molecule has 0 saturated heterocycles. The van der Waals surface area contributed by atoms with E-state index >= 15 is 0 Å². The van der Waals surface area contributed by atoms with Crippen LogP contribution in [0.3, 0.4) is 0 Å². The average molecular weight is 377 g/mol. The molecule has 4 aromatic rings. The number of para-hydroxylation sites is 2. The molecule has 0 aliphatic rings. The van der Waals surface area contributed by atoms with E-state index in [9.17, 15) is 10.1 Å². The Bertz CT molecular complexity index is 1090. The molecule has 0 aliphatic heterocycles. The number of hydrogen-bond acceptors (Lipinski definition) is 4. The number of rotatable bonds is 4. The quantitative estimate of drug-likeness (QED) is 0.236. The first kappa shape index (κ1) is 16.9. The lowest BCUT2D eigenvalue weighted by molar-refractivity contribution is -0.625. The van der Waals surface area contributed by atoms with E-state index in [1.807, 2.05) is 65.2 Å². The van der Waals surface area contributed by atoms with Crippen LogP contribution in [0.15, 0.2) is 90.1 Å². The second-order valence-electron chi connectivity index (χ2n) is 5.83. The van der Waals surface area contributed by atoms with Gasteiger partial charge in [-0.2, -0.15) is 0 Å². The van der Waals surface area contributed by atoms with Gasteiger partial charge in [-0.25, -0.2) is 4.57 Å². The molecule has 1 aromatic heterocycles. The van der Waals surface area contributed by atoms with Crippen molar-refractivity contribution in [1.82, 2.24) is 9.78 Å². The fourth-order valence-corrected chi connectivity index (χ4v) is 3.18. The molecule has 4 rings (SSSR count). The summed E-state index contributed by atoms with van der Waals surface area (Å²) in [4.78, 5) is 10.6. The standard InChI is InChI=1S/C20H14N4O2S/c25-24(26)18-13-11-15(12-14-18)19-22(16-7-3-1-4-8-16)20(27)21-23(19)17-9-5-2-6-10-17/h1-14H/i21+1,22+1,23+1. The van der Waals surface area contributed by atoms with E-state index in [0.717, 1.165) is 22.8 Å². The van der Waals surface area contributed by atoms with E-state index in [1.54, 1.807) is 16.8 Å². The topological polar surface area (TPSA) is 64.8 Å². The molecule has 132 valence electrons. The van der Waals surface area contributed by atoms with Crippen molar-refractivity contribution in [1.29, 1.82) is 0 Å². The number of aromatic nitrogens is 3. The molecule has 0 aliphatic carbocycles. The van der Waals surface area contributed by atoms with Crippen LogP contribution >= 0.6 is 0 Å². The molecule has 0 radical (unpaired) electrons. The molecule has 0 N–H and O–H groups in total. The number of hydrogen-bond donors (Lipinski definition) is 0. The molecule has 3 aromatic carbocycles. The van der Waals surface area contributed by atoms with Crippen LogP contribution in [0.1, 0.15) is 0 Å². The predicted molar refractivity (Wildman–Crippen MR) is 103 cm³/mol. The highest BCUT2D eigenvalue weighted by atomic mass is 32.1. The van der Waals surface area contributed by atoms with Crippen LogP contribution < -0.4 is 4.57 Å². The van der Waals surface area contributed by atoms with Gasteiger partial charge in [-0.15, -0.1) is 0 Å². The summed E-state index contributed by atoms with van der Waals surface area (Å²) in [5.41, 5.74) is 2.54. The summed E-state index contributed by atoms with van der Waals surface area (Å²) in [6, 6.07) is 25.7. The van der Waals surface area contributed by atoms with Crippen LogP contribution in [0.5, 0.6) is 0 Å². The third-order valence-corrected chi connectivity index (χ3v) is 4.40. The lowest BCUT2D eigenvalue weighted by atomic mass is 10.2. The zero-order chi connectivity index (χ0) is 18.8. The van der Waals surface area contributed by atoms with Crippen molar-refractivity contribution in [3.63, 3.8) is 0 Å². The van der Waals surface area contributed by atoms with Crippen LogP contribution in [0.25, 0.3) is 22.8 Å². The summed E-state index contributed by atoms with van der Waals surface area (Å²) in [7, 11) is 0. The van der Waals surface area contributed by atoms with E-state index in [4.69, 9.17) is 12.6 Å². The molecule has 7 heteroatoms. The fraction of sp³-hybridized carbons (Fsp3) is 0. The first-order chi connectivity index (χ1) is 13.1. The van der Waals surface area contributed by atoms with Crippen molar-refractivity contribution in [2.24, 2.45) is 0 Å². The molecule has 0 amide bonds. The predicted octanol–water partition coefficient (Wildman–Crippen LogP) is 3.63. The molecule has 27 heavy (non-hydrogen) atoms. The van der Waals surface area contributed by atoms with Gasteiger partial charge in [-0.05, 0) is 36.4 Å². The zero-order valence-electron chi connectivity index (χ0n) is 14.1. The van der Waals surface area contributed by atoms with Gasteiger partial charge in [0.2, 0.25) is 0 Å². The highest BCUT2D eigenvalue weighted by Gasteiger charge is 2.25. The number of nitro benzene ring substituents is 1. The van der Waals surface area contributed by atoms with Gasteiger partial charge in [0.1, 0.15) is 11.4 Å². The molecular formula is C20H14N4O2S. The summed E-state index contributed by atoms with van der Waals surface area (Å²) < 4.78 is 3.62. The smallest absolute Gasteiger partial charge is 0.277 e. The summed E-state index contributed by atoms with van der Waals surface area (Å²) in [5.74, 6) is 0.729. The molecular weight excluding hydrogens is 363 g/mol. The van der Waals surface area contributed by atoms with Crippen molar-refractivity contribution < 1.29 is 9.49 Å². The molecule has 0 atom stereocenters. The second-order valence-corrected chi connectivity index (χ2v) is 6.19. The average Bonchev–Trinajstić information content (AvgIpc) is 3.06. The normalized spacial score (nSPS) is 10.7. The molecule has 6 nitrogen and oxygen atoms in total. The minimum atomic E-state index is -0.415. The number of non-ortho nitro benzene ring substituents is 1. The van der Waals surface area contributed by atoms with Gasteiger partial charge in [0.15, 0.2) is 5.16 Å². The SMILES string of the molecule is O=[N+]([O-])c1ccc(-c2[15n](-c3ccccc3)[15n]c([S-])[15n+]2-c2ccccc2)cc1. The van der Waals surface area contributed by atoms with Crippen molar-refractivity contribution >= 4 is 18.3 Å². The van der Waals surface area contributed by atoms with Crippen LogP contribution in [-0.2, 0) is 12.6 Å². The first-order valence-electron chi connectivity index (χ1n) is 8.23. The Morgan fingerprint density at radius 2 is 1.48 bits per heavy atom. The third-order valence-electron chi connectivity index (χ3n) is 4.14. The molecule has 0 fully saturated rings. The maximum absolute atomic E-state index is 11.0.